The average Bonchev–Trinajstić information content (AvgIpc) is 2.86. The summed E-state index contributed by atoms with van der Waals surface area (Å²) < 4.78 is 0. The van der Waals surface area contributed by atoms with E-state index in [9.17, 15) is 5.11 Å². The van der Waals surface area contributed by atoms with Gasteiger partial charge in [-0.15, -0.1) is 0 Å². The van der Waals surface area contributed by atoms with Gasteiger partial charge in [-0.1, -0.05) is 115 Å². The second-order valence-electron chi connectivity index (χ2n) is 8.71. The summed E-state index contributed by atoms with van der Waals surface area (Å²) in [6.07, 6.45) is -0.622. The molecule has 1 aliphatic heterocycles. The van der Waals surface area contributed by atoms with E-state index in [2.05, 4.69) is 90.7 Å². The van der Waals surface area contributed by atoms with E-state index in [4.69, 9.17) is 0 Å². The van der Waals surface area contributed by atoms with Crippen LogP contribution in [0.2, 0.25) is 0 Å². The lowest BCUT2D eigenvalue weighted by Gasteiger charge is -2.46. The first kappa shape index (κ1) is 20.7. The van der Waals surface area contributed by atoms with Crippen molar-refractivity contribution in [1.29, 1.82) is 0 Å². The van der Waals surface area contributed by atoms with Crippen molar-refractivity contribution in [3.63, 3.8) is 0 Å². The second kappa shape index (κ2) is 9.12. The predicted octanol–water partition coefficient (Wildman–Crippen LogP) is 6.50. The van der Waals surface area contributed by atoms with Gasteiger partial charge in [0.1, 0.15) is 0 Å². The van der Waals surface area contributed by atoms with Crippen LogP contribution in [0.4, 0.5) is 0 Å². The molecule has 1 heterocycles. The van der Waals surface area contributed by atoms with Crippen LogP contribution in [0.3, 0.4) is 0 Å². The first-order chi connectivity index (χ1) is 15.7. The van der Waals surface area contributed by atoms with Crippen molar-refractivity contribution in [2.24, 2.45) is 0 Å². The third-order valence-electron chi connectivity index (χ3n) is 6.85. The summed E-state index contributed by atoms with van der Waals surface area (Å²) in [5.74, 6) is 0.246. The normalized spacial score (nSPS) is 20.3. The van der Waals surface area contributed by atoms with Crippen LogP contribution in [0.5, 0.6) is 0 Å². The molecule has 0 unspecified atom stereocenters. The summed E-state index contributed by atoms with van der Waals surface area (Å²) in [5.41, 5.74) is 6.13. The molecule has 0 aliphatic carbocycles. The summed E-state index contributed by atoms with van der Waals surface area (Å²) >= 11 is 0. The highest BCUT2D eigenvalue weighted by Crippen LogP contribution is 2.45. The summed E-state index contributed by atoms with van der Waals surface area (Å²) in [5, 5.41) is 11.7. The highest BCUT2D eigenvalue weighted by molar-refractivity contribution is 5.42. The SMILES string of the molecule is C[C@@H]1[C@@H](c2ccccc2)c2ccccc2CN1[C@H](c1ccccc1)[C@@H](O)c1ccccc1. The van der Waals surface area contributed by atoms with Crippen molar-refractivity contribution >= 4 is 0 Å². The smallest absolute Gasteiger partial charge is 0.0987 e. The average molecular weight is 420 g/mol. The third-order valence-corrected chi connectivity index (χ3v) is 6.85. The number of rotatable bonds is 5. The molecule has 0 saturated carbocycles. The Kier molecular flexibility index (Phi) is 5.89. The minimum absolute atomic E-state index is 0.145. The van der Waals surface area contributed by atoms with Gasteiger partial charge >= 0.3 is 0 Å². The molecule has 0 fully saturated rings. The van der Waals surface area contributed by atoms with Crippen molar-refractivity contribution in [2.45, 2.75) is 37.6 Å². The number of benzene rings is 4. The van der Waals surface area contributed by atoms with Crippen LogP contribution in [0.25, 0.3) is 0 Å². The molecular weight excluding hydrogens is 390 g/mol. The minimum Gasteiger partial charge on any atom is -0.386 e. The summed E-state index contributed by atoms with van der Waals surface area (Å²) in [6.45, 7) is 3.12. The zero-order valence-electron chi connectivity index (χ0n) is 18.4. The topological polar surface area (TPSA) is 23.5 Å². The molecule has 1 aliphatic rings. The monoisotopic (exact) mass is 419 g/mol. The molecule has 4 aromatic rings. The zero-order valence-corrected chi connectivity index (χ0v) is 18.4. The Morgan fingerprint density at radius 2 is 1.22 bits per heavy atom. The fraction of sp³-hybridized carbons (Fsp3) is 0.200. The maximum absolute atomic E-state index is 11.7. The molecule has 5 rings (SSSR count). The van der Waals surface area contributed by atoms with Gasteiger partial charge in [-0.25, -0.2) is 0 Å². The van der Waals surface area contributed by atoms with Crippen molar-refractivity contribution in [3.8, 4) is 0 Å². The molecule has 0 radical (unpaired) electrons. The van der Waals surface area contributed by atoms with E-state index >= 15 is 0 Å². The Hall–Kier alpha value is -3.20. The van der Waals surface area contributed by atoms with Gasteiger partial charge in [0.05, 0.1) is 12.1 Å². The van der Waals surface area contributed by atoms with E-state index in [0.29, 0.717) is 0 Å². The molecular formula is C30H29NO. The number of aliphatic hydroxyl groups excluding tert-OH is 1. The standard InChI is InChI=1S/C30H29NO/c1-22-28(23-13-5-2-6-14-23)27-20-12-11-19-26(27)21-31(22)29(24-15-7-3-8-16-24)30(32)25-17-9-4-10-18-25/h2-20,22,28-30,32H,21H2,1H3/t22-,28+,29-,30+/m1/s1. The van der Waals surface area contributed by atoms with Crippen molar-refractivity contribution < 1.29 is 5.11 Å². The fourth-order valence-electron chi connectivity index (χ4n) is 5.28. The Morgan fingerprint density at radius 3 is 1.88 bits per heavy atom. The van der Waals surface area contributed by atoms with E-state index in [-0.39, 0.29) is 18.0 Å². The maximum atomic E-state index is 11.7. The lowest BCUT2D eigenvalue weighted by Crippen LogP contribution is -2.45. The van der Waals surface area contributed by atoms with E-state index in [1.165, 1.54) is 16.7 Å². The van der Waals surface area contributed by atoms with Crippen LogP contribution < -0.4 is 0 Å². The zero-order chi connectivity index (χ0) is 21.9. The van der Waals surface area contributed by atoms with E-state index in [1.807, 2.05) is 36.4 Å². The third kappa shape index (κ3) is 3.88. The van der Waals surface area contributed by atoms with Crippen LogP contribution in [0, 0.1) is 0 Å². The number of nitrogens with zero attached hydrogens (tertiary/aromatic N) is 1. The predicted molar refractivity (Wildman–Crippen MR) is 130 cm³/mol. The van der Waals surface area contributed by atoms with E-state index in [1.54, 1.807) is 0 Å². The van der Waals surface area contributed by atoms with E-state index in [0.717, 1.165) is 17.7 Å². The largest absolute Gasteiger partial charge is 0.386 e. The van der Waals surface area contributed by atoms with Crippen LogP contribution >= 0.6 is 0 Å². The fourth-order valence-corrected chi connectivity index (χ4v) is 5.28. The van der Waals surface area contributed by atoms with Gasteiger partial charge in [-0.05, 0) is 34.7 Å². The van der Waals surface area contributed by atoms with Gasteiger partial charge in [0.2, 0.25) is 0 Å². The van der Waals surface area contributed by atoms with Crippen LogP contribution in [0.1, 0.15) is 52.8 Å². The molecule has 1 N–H and O–H groups in total. The van der Waals surface area contributed by atoms with Crippen LogP contribution in [0.15, 0.2) is 115 Å². The van der Waals surface area contributed by atoms with E-state index < -0.39 is 6.10 Å². The first-order valence-corrected chi connectivity index (χ1v) is 11.4. The molecule has 0 spiro atoms. The van der Waals surface area contributed by atoms with Crippen molar-refractivity contribution in [1.82, 2.24) is 4.90 Å². The number of aliphatic hydroxyl groups is 1. The number of hydrogen-bond acceptors (Lipinski definition) is 2. The van der Waals surface area contributed by atoms with Crippen molar-refractivity contribution in [3.05, 3.63) is 143 Å². The molecule has 2 nitrogen and oxygen atoms in total. The van der Waals surface area contributed by atoms with Gasteiger partial charge < -0.3 is 5.11 Å². The summed E-state index contributed by atoms with van der Waals surface area (Å²) in [4.78, 5) is 2.49. The molecule has 0 saturated heterocycles. The van der Waals surface area contributed by atoms with Gasteiger partial charge in [-0.3, -0.25) is 4.90 Å². The Bertz CT molecular complexity index is 1140. The van der Waals surface area contributed by atoms with Gasteiger partial charge in [0, 0.05) is 18.5 Å². The minimum atomic E-state index is -0.622. The molecule has 2 heteroatoms. The Labute approximate surface area is 190 Å². The summed E-state index contributed by atoms with van der Waals surface area (Å²) in [6, 6.07) is 40.1. The first-order valence-electron chi connectivity index (χ1n) is 11.4. The summed E-state index contributed by atoms with van der Waals surface area (Å²) in [7, 11) is 0. The highest BCUT2D eigenvalue weighted by Gasteiger charge is 2.39. The number of hydrogen-bond donors (Lipinski definition) is 1. The Balaban J connectivity index is 1.63. The Morgan fingerprint density at radius 1 is 0.688 bits per heavy atom. The van der Waals surface area contributed by atoms with Crippen LogP contribution in [-0.4, -0.2) is 16.0 Å². The molecule has 0 amide bonds. The van der Waals surface area contributed by atoms with Crippen molar-refractivity contribution in [2.75, 3.05) is 0 Å². The highest BCUT2D eigenvalue weighted by atomic mass is 16.3. The van der Waals surface area contributed by atoms with Gasteiger partial charge in [0.25, 0.3) is 0 Å². The number of fused-ring (bicyclic) bond motifs is 1. The maximum Gasteiger partial charge on any atom is 0.0987 e. The lowest BCUT2D eigenvalue weighted by molar-refractivity contribution is 0.00977. The van der Waals surface area contributed by atoms with Gasteiger partial charge in [0.15, 0.2) is 0 Å². The molecule has 0 bridgehead atoms. The molecule has 4 aromatic carbocycles. The molecule has 4 atom stereocenters. The molecule has 32 heavy (non-hydrogen) atoms. The van der Waals surface area contributed by atoms with Gasteiger partial charge in [-0.2, -0.15) is 0 Å². The molecule has 0 aromatic heterocycles. The quantitative estimate of drug-likeness (QED) is 0.399. The lowest BCUT2D eigenvalue weighted by atomic mass is 9.78. The second-order valence-corrected chi connectivity index (χ2v) is 8.71. The molecule has 160 valence electrons. The van der Waals surface area contributed by atoms with Crippen LogP contribution in [-0.2, 0) is 6.54 Å².